The molecule has 1 unspecified atom stereocenters. The number of likely N-dealkylation sites (N-methyl/N-ethyl adjacent to an activating group) is 1. The lowest BCUT2D eigenvalue weighted by Crippen LogP contribution is -2.50. The Hall–Kier alpha value is -2.14. The van der Waals surface area contributed by atoms with Gasteiger partial charge in [0.25, 0.3) is 0 Å². The number of aromatic amines is 1. The highest BCUT2D eigenvalue weighted by Gasteiger charge is 2.41. The normalized spacial score (nSPS) is 24.1. The van der Waals surface area contributed by atoms with E-state index < -0.39 is 0 Å². The minimum Gasteiger partial charge on any atom is -0.458 e. The van der Waals surface area contributed by atoms with Gasteiger partial charge in [0.2, 0.25) is 0 Å². The Morgan fingerprint density at radius 3 is 2.96 bits per heavy atom. The number of ether oxygens (including phenoxy) is 1. The van der Waals surface area contributed by atoms with Gasteiger partial charge in [0, 0.05) is 47.9 Å². The summed E-state index contributed by atoms with van der Waals surface area (Å²) in [7, 11) is 2.12. The first-order valence-corrected chi connectivity index (χ1v) is 10.6. The Labute approximate surface area is 166 Å². The Bertz CT molecular complexity index is 872. The Balaban J connectivity index is 1.44. The van der Waals surface area contributed by atoms with Crippen molar-refractivity contribution < 1.29 is 14.3 Å². The number of likely N-dealkylation sites (tertiary alicyclic amines) is 1. The molecule has 1 aromatic heterocycles. The van der Waals surface area contributed by atoms with Crippen molar-refractivity contribution >= 4 is 22.7 Å². The molecule has 1 fully saturated rings. The van der Waals surface area contributed by atoms with Crippen LogP contribution in [-0.4, -0.2) is 47.9 Å². The summed E-state index contributed by atoms with van der Waals surface area (Å²) < 4.78 is 5.26. The number of nitrogens with zero attached hydrogens (tertiary/aromatic N) is 1. The quantitative estimate of drug-likeness (QED) is 0.584. The predicted molar refractivity (Wildman–Crippen MR) is 109 cm³/mol. The number of nitrogens with one attached hydrogen (secondary N) is 1. The zero-order valence-corrected chi connectivity index (χ0v) is 16.9. The minimum atomic E-state index is -0.247. The molecule has 0 radical (unpaired) electrons. The van der Waals surface area contributed by atoms with Crippen molar-refractivity contribution in [2.24, 2.45) is 5.92 Å². The molecule has 0 saturated carbocycles. The predicted octanol–water partition coefficient (Wildman–Crippen LogP) is 3.82. The number of carbonyl (C=O) groups is 2. The Kier molecular flexibility index (Phi) is 5.54. The van der Waals surface area contributed by atoms with E-state index in [9.17, 15) is 9.59 Å². The van der Waals surface area contributed by atoms with Crippen LogP contribution in [0.3, 0.4) is 0 Å². The number of piperidine rings is 1. The van der Waals surface area contributed by atoms with E-state index in [1.165, 1.54) is 22.0 Å². The number of benzene rings is 1. The summed E-state index contributed by atoms with van der Waals surface area (Å²) in [5, 5.41) is 1.34. The molecule has 2 aromatic rings. The molecule has 1 saturated heterocycles. The molecule has 2 heterocycles. The average Bonchev–Trinajstić information content (AvgIpc) is 3.11. The van der Waals surface area contributed by atoms with Gasteiger partial charge in [-0.25, -0.2) is 0 Å². The van der Waals surface area contributed by atoms with Gasteiger partial charge in [-0.1, -0.05) is 31.9 Å². The molecule has 0 amide bonds. The highest BCUT2D eigenvalue weighted by Crippen LogP contribution is 2.44. The average molecular weight is 383 g/mol. The number of rotatable bonds is 7. The maximum atomic E-state index is 12.8. The maximum Gasteiger partial charge on any atom is 0.306 e. The molecule has 1 aliphatic heterocycles. The van der Waals surface area contributed by atoms with Crippen molar-refractivity contribution in [3.05, 3.63) is 35.5 Å². The molecule has 3 atom stereocenters. The molecule has 0 bridgehead atoms. The van der Waals surface area contributed by atoms with Crippen LogP contribution in [0.1, 0.15) is 56.1 Å². The first-order chi connectivity index (χ1) is 13.6. The van der Waals surface area contributed by atoms with E-state index in [4.69, 9.17) is 4.74 Å². The van der Waals surface area contributed by atoms with Crippen LogP contribution in [0.5, 0.6) is 0 Å². The van der Waals surface area contributed by atoms with Crippen LogP contribution in [0.4, 0.5) is 0 Å². The van der Waals surface area contributed by atoms with Gasteiger partial charge < -0.3 is 14.6 Å². The first kappa shape index (κ1) is 19.2. The van der Waals surface area contributed by atoms with Crippen molar-refractivity contribution in [3.63, 3.8) is 0 Å². The number of unbranched alkanes of at least 4 members (excludes halogenated alkanes) is 2. The number of Topliss-reactive ketones (excluding diaryl/α,β-unsaturated/α-hetero) is 1. The number of esters is 1. The van der Waals surface area contributed by atoms with Crippen LogP contribution in [0, 0.1) is 5.92 Å². The third-order valence-electron chi connectivity index (χ3n) is 6.54. The van der Waals surface area contributed by atoms with Crippen LogP contribution >= 0.6 is 0 Å². The van der Waals surface area contributed by atoms with E-state index in [0.29, 0.717) is 18.4 Å². The Morgan fingerprint density at radius 1 is 1.29 bits per heavy atom. The molecule has 1 N–H and O–H groups in total. The number of hydrogen-bond acceptors (Lipinski definition) is 4. The molecule has 1 aromatic carbocycles. The van der Waals surface area contributed by atoms with Gasteiger partial charge in [-0.15, -0.1) is 0 Å². The highest BCUT2D eigenvalue weighted by molar-refractivity contribution is 5.89. The molecule has 1 aliphatic carbocycles. The highest BCUT2D eigenvalue weighted by atomic mass is 16.5. The summed E-state index contributed by atoms with van der Waals surface area (Å²) in [6.07, 6.45) is 7.33. The van der Waals surface area contributed by atoms with Gasteiger partial charge in [-0.2, -0.15) is 0 Å². The first-order valence-electron chi connectivity index (χ1n) is 10.6. The fraction of sp³-hybridized carbons (Fsp3) is 0.565. The van der Waals surface area contributed by atoms with Crippen molar-refractivity contribution in [3.8, 4) is 0 Å². The minimum absolute atomic E-state index is 0.0567. The zero-order valence-electron chi connectivity index (χ0n) is 16.9. The second-order valence-corrected chi connectivity index (χ2v) is 8.42. The number of ketones is 1. The SMILES string of the molecule is CCCCCC(=O)OCC(=O)C1C[C@@H]2c3cccc4[nH]cc(c34)C[C@H]2N(C)C1. The Morgan fingerprint density at radius 2 is 2.14 bits per heavy atom. The summed E-state index contributed by atoms with van der Waals surface area (Å²) >= 11 is 0. The number of aromatic nitrogens is 1. The summed E-state index contributed by atoms with van der Waals surface area (Å²) in [5.74, 6) is 0.0785. The lowest BCUT2D eigenvalue weighted by molar-refractivity contribution is -0.149. The summed E-state index contributed by atoms with van der Waals surface area (Å²) in [6, 6.07) is 6.86. The van der Waals surface area contributed by atoms with E-state index in [1.54, 1.807) is 0 Å². The van der Waals surface area contributed by atoms with Gasteiger partial charge in [-0.05, 0) is 43.5 Å². The molecule has 0 spiro atoms. The van der Waals surface area contributed by atoms with Gasteiger partial charge in [0.1, 0.15) is 6.61 Å². The number of hydrogen-bond donors (Lipinski definition) is 1. The molecule has 2 aliphatic rings. The smallest absolute Gasteiger partial charge is 0.306 e. The molecule has 4 rings (SSSR count). The van der Waals surface area contributed by atoms with Crippen LogP contribution in [-0.2, 0) is 20.7 Å². The van der Waals surface area contributed by atoms with Crippen LogP contribution in [0.15, 0.2) is 24.4 Å². The van der Waals surface area contributed by atoms with Crippen molar-refractivity contribution in [1.82, 2.24) is 9.88 Å². The van der Waals surface area contributed by atoms with Crippen LogP contribution < -0.4 is 0 Å². The zero-order chi connectivity index (χ0) is 19.7. The van der Waals surface area contributed by atoms with Gasteiger partial charge in [0.15, 0.2) is 5.78 Å². The van der Waals surface area contributed by atoms with Crippen molar-refractivity contribution in [1.29, 1.82) is 0 Å². The monoisotopic (exact) mass is 382 g/mol. The molecule has 5 heteroatoms. The van der Waals surface area contributed by atoms with Gasteiger partial charge >= 0.3 is 5.97 Å². The molecular formula is C23H30N2O3. The number of H-pyrrole nitrogens is 1. The van der Waals surface area contributed by atoms with E-state index in [0.717, 1.165) is 38.6 Å². The standard InChI is InChI=1S/C23H30N2O3/c1-3-4-5-9-22(27)28-14-21(26)16-10-18-17-7-6-8-19-23(17)15(12-24-19)11-20(18)25(2)13-16/h6-8,12,16,18,20,24H,3-5,9-11,13-14H2,1-2H3/t16?,18-,20-/m1/s1. The van der Waals surface area contributed by atoms with Gasteiger partial charge in [0.05, 0.1) is 0 Å². The van der Waals surface area contributed by atoms with Crippen molar-refractivity contribution in [2.45, 2.75) is 57.4 Å². The second-order valence-electron chi connectivity index (χ2n) is 8.42. The fourth-order valence-corrected chi connectivity index (χ4v) is 5.04. The third kappa shape index (κ3) is 3.60. The van der Waals surface area contributed by atoms with Gasteiger partial charge in [-0.3, -0.25) is 9.59 Å². The fourth-order valence-electron chi connectivity index (χ4n) is 5.04. The summed E-state index contributed by atoms with van der Waals surface area (Å²) in [5.41, 5.74) is 3.92. The summed E-state index contributed by atoms with van der Waals surface area (Å²) in [4.78, 5) is 30.3. The maximum absolute atomic E-state index is 12.8. The topological polar surface area (TPSA) is 62.4 Å². The molecule has 5 nitrogen and oxygen atoms in total. The van der Waals surface area contributed by atoms with E-state index in [2.05, 4.69) is 48.3 Å². The largest absolute Gasteiger partial charge is 0.458 e. The number of carbonyl (C=O) groups excluding carboxylic acids is 2. The lowest BCUT2D eigenvalue weighted by atomic mass is 9.72. The van der Waals surface area contributed by atoms with Crippen LogP contribution in [0.25, 0.3) is 10.9 Å². The lowest BCUT2D eigenvalue weighted by Gasteiger charge is -2.45. The number of fused-ring (bicyclic) bond motifs is 2. The molecule has 150 valence electrons. The van der Waals surface area contributed by atoms with Crippen molar-refractivity contribution in [2.75, 3.05) is 20.2 Å². The third-order valence-corrected chi connectivity index (χ3v) is 6.54. The molecule has 28 heavy (non-hydrogen) atoms. The van der Waals surface area contributed by atoms with E-state index >= 15 is 0 Å². The second kappa shape index (κ2) is 8.08. The molecular weight excluding hydrogens is 352 g/mol. The summed E-state index contributed by atoms with van der Waals surface area (Å²) in [6.45, 7) is 2.76. The van der Waals surface area contributed by atoms with E-state index in [-0.39, 0.29) is 24.3 Å². The van der Waals surface area contributed by atoms with Crippen LogP contribution in [0.2, 0.25) is 0 Å². The van der Waals surface area contributed by atoms with E-state index in [1.807, 2.05) is 0 Å².